The average Bonchev–Trinajstić information content (AvgIpc) is 2.51. The van der Waals surface area contributed by atoms with E-state index in [0.717, 1.165) is 0 Å². The fourth-order valence-electron chi connectivity index (χ4n) is 2.48. The highest BCUT2D eigenvalue weighted by Crippen LogP contribution is 2.24. The lowest BCUT2D eigenvalue weighted by Crippen LogP contribution is -2.46. The molecule has 7 nitrogen and oxygen atoms in total. The molecule has 0 aromatic rings. The third-order valence-corrected chi connectivity index (χ3v) is 7.51. The van der Waals surface area contributed by atoms with Crippen molar-refractivity contribution in [3.8, 4) is 0 Å². The molecule has 2 rings (SSSR count). The number of sulfonamides is 2. The van der Waals surface area contributed by atoms with Gasteiger partial charge in [0.1, 0.15) is 0 Å². The third-order valence-electron chi connectivity index (χ3n) is 3.60. The molecule has 0 amide bonds. The van der Waals surface area contributed by atoms with Crippen molar-refractivity contribution in [1.29, 1.82) is 0 Å². The van der Waals surface area contributed by atoms with Crippen LogP contribution in [0.3, 0.4) is 0 Å². The van der Waals surface area contributed by atoms with Crippen LogP contribution in [0.2, 0.25) is 0 Å². The molecule has 0 saturated carbocycles. The highest BCUT2D eigenvalue weighted by Gasteiger charge is 2.38. The molecule has 2 saturated heterocycles. The summed E-state index contributed by atoms with van der Waals surface area (Å²) in [5.41, 5.74) is 0. The minimum Gasteiger partial charge on any atom is -0.381 e. The van der Waals surface area contributed by atoms with E-state index in [-0.39, 0.29) is 31.3 Å². The fourth-order valence-corrected chi connectivity index (χ4v) is 5.74. The standard InChI is InChI=1S/C10H20N2O5S2/c1-9-8-17-6-2-10(9)19(15,16)12-4-3-11-18(13,14)7-5-12/h9-11H,2-8H2,1H3. The van der Waals surface area contributed by atoms with Crippen LogP contribution in [0.4, 0.5) is 0 Å². The first-order chi connectivity index (χ1) is 8.83. The van der Waals surface area contributed by atoms with Crippen LogP contribution in [-0.2, 0) is 24.8 Å². The molecule has 9 heteroatoms. The second kappa shape index (κ2) is 5.65. The molecule has 19 heavy (non-hydrogen) atoms. The van der Waals surface area contributed by atoms with Crippen molar-refractivity contribution in [1.82, 2.24) is 9.03 Å². The highest BCUT2D eigenvalue weighted by molar-refractivity contribution is 7.90. The summed E-state index contributed by atoms with van der Waals surface area (Å²) in [6, 6.07) is 0. The number of nitrogens with zero attached hydrogens (tertiary/aromatic N) is 1. The molecule has 2 heterocycles. The van der Waals surface area contributed by atoms with Gasteiger partial charge in [-0.2, -0.15) is 4.31 Å². The van der Waals surface area contributed by atoms with Gasteiger partial charge in [-0.15, -0.1) is 0 Å². The summed E-state index contributed by atoms with van der Waals surface area (Å²) < 4.78 is 56.9. The Morgan fingerprint density at radius 1 is 1.32 bits per heavy atom. The molecule has 112 valence electrons. The molecule has 2 aliphatic heterocycles. The molecule has 2 fully saturated rings. The summed E-state index contributed by atoms with van der Waals surface area (Å²) in [7, 11) is -6.80. The van der Waals surface area contributed by atoms with E-state index in [1.807, 2.05) is 6.92 Å². The maximum atomic E-state index is 12.6. The Morgan fingerprint density at radius 3 is 2.74 bits per heavy atom. The van der Waals surface area contributed by atoms with Crippen LogP contribution in [0.25, 0.3) is 0 Å². The summed E-state index contributed by atoms with van der Waals surface area (Å²) in [5, 5.41) is -0.470. The van der Waals surface area contributed by atoms with Crippen LogP contribution in [0.5, 0.6) is 0 Å². The van der Waals surface area contributed by atoms with Gasteiger partial charge in [-0.25, -0.2) is 21.6 Å². The SMILES string of the molecule is CC1COCCC1S(=O)(=O)N1CCNS(=O)(=O)CC1. The molecule has 0 radical (unpaired) electrons. The van der Waals surface area contributed by atoms with Crippen molar-refractivity contribution < 1.29 is 21.6 Å². The predicted octanol–water partition coefficient (Wildman–Crippen LogP) is -1.02. The third kappa shape index (κ3) is 3.46. The summed E-state index contributed by atoms with van der Waals surface area (Å²) in [6.45, 7) is 3.10. The Hall–Kier alpha value is -0.220. The van der Waals surface area contributed by atoms with Crippen molar-refractivity contribution in [2.75, 3.05) is 38.6 Å². The minimum atomic E-state index is -3.46. The number of nitrogens with one attached hydrogen (secondary N) is 1. The molecule has 0 aromatic heterocycles. The molecule has 0 aromatic carbocycles. The van der Waals surface area contributed by atoms with E-state index in [1.165, 1.54) is 4.31 Å². The first kappa shape index (κ1) is 15.2. The molecule has 0 bridgehead atoms. The first-order valence-corrected chi connectivity index (χ1v) is 9.52. The van der Waals surface area contributed by atoms with E-state index >= 15 is 0 Å². The number of ether oxygens (including phenoxy) is 1. The maximum absolute atomic E-state index is 12.6. The Kier molecular flexibility index (Phi) is 4.51. The second-order valence-electron chi connectivity index (χ2n) is 5.04. The molecular formula is C10H20N2O5S2. The fraction of sp³-hybridized carbons (Fsp3) is 1.00. The summed E-state index contributed by atoms with van der Waals surface area (Å²) in [4.78, 5) is 0. The number of rotatable bonds is 2. The van der Waals surface area contributed by atoms with Gasteiger partial charge < -0.3 is 4.74 Å². The zero-order valence-corrected chi connectivity index (χ0v) is 12.5. The van der Waals surface area contributed by atoms with Gasteiger partial charge in [0.25, 0.3) is 0 Å². The van der Waals surface area contributed by atoms with Gasteiger partial charge >= 0.3 is 0 Å². The Balaban J connectivity index is 2.15. The van der Waals surface area contributed by atoms with Gasteiger partial charge in [-0.05, 0) is 12.3 Å². The summed E-state index contributed by atoms with van der Waals surface area (Å²) in [6.07, 6.45) is 0.472. The van der Waals surface area contributed by atoms with Gasteiger partial charge in [-0.3, -0.25) is 0 Å². The smallest absolute Gasteiger partial charge is 0.217 e. The zero-order chi connectivity index (χ0) is 14.1. The van der Waals surface area contributed by atoms with Crippen LogP contribution >= 0.6 is 0 Å². The van der Waals surface area contributed by atoms with Crippen LogP contribution in [0, 0.1) is 5.92 Å². The van der Waals surface area contributed by atoms with E-state index in [9.17, 15) is 16.8 Å². The van der Waals surface area contributed by atoms with Crippen molar-refractivity contribution in [3.63, 3.8) is 0 Å². The summed E-state index contributed by atoms with van der Waals surface area (Å²) >= 11 is 0. The molecule has 2 atom stereocenters. The lowest BCUT2D eigenvalue weighted by atomic mass is 10.0. The molecular weight excluding hydrogens is 292 g/mol. The highest BCUT2D eigenvalue weighted by atomic mass is 32.2. The lowest BCUT2D eigenvalue weighted by Gasteiger charge is -2.32. The second-order valence-corrected chi connectivity index (χ2v) is 9.11. The normalized spacial score (nSPS) is 33.7. The summed E-state index contributed by atoms with van der Waals surface area (Å²) in [5.74, 6) is -0.240. The van der Waals surface area contributed by atoms with Crippen LogP contribution < -0.4 is 4.72 Å². The lowest BCUT2D eigenvalue weighted by molar-refractivity contribution is 0.0625. The molecule has 2 unspecified atom stereocenters. The van der Waals surface area contributed by atoms with E-state index in [4.69, 9.17) is 4.74 Å². The maximum Gasteiger partial charge on any atom is 0.217 e. The predicted molar refractivity (Wildman–Crippen MR) is 70.7 cm³/mol. The van der Waals surface area contributed by atoms with Crippen LogP contribution in [0.15, 0.2) is 0 Å². The molecule has 1 N–H and O–H groups in total. The Labute approximate surface area is 114 Å². The molecule has 0 spiro atoms. The van der Waals surface area contributed by atoms with Gasteiger partial charge in [0, 0.05) is 26.2 Å². The van der Waals surface area contributed by atoms with E-state index in [0.29, 0.717) is 19.6 Å². The molecule has 2 aliphatic rings. The number of hydrogen-bond acceptors (Lipinski definition) is 5. The zero-order valence-electron chi connectivity index (χ0n) is 10.9. The average molecular weight is 312 g/mol. The number of hydrogen-bond donors (Lipinski definition) is 1. The van der Waals surface area contributed by atoms with Crippen LogP contribution in [-0.4, -0.2) is 65.0 Å². The topological polar surface area (TPSA) is 92.8 Å². The largest absolute Gasteiger partial charge is 0.381 e. The van der Waals surface area contributed by atoms with Gasteiger partial charge in [-0.1, -0.05) is 6.92 Å². The van der Waals surface area contributed by atoms with Gasteiger partial charge in [0.2, 0.25) is 20.0 Å². The van der Waals surface area contributed by atoms with Crippen molar-refractivity contribution in [2.45, 2.75) is 18.6 Å². The van der Waals surface area contributed by atoms with Gasteiger partial charge in [0.15, 0.2) is 0 Å². The molecule has 0 aliphatic carbocycles. The minimum absolute atomic E-state index is 0.0295. The van der Waals surface area contributed by atoms with Crippen molar-refractivity contribution in [2.24, 2.45) is 5.92 Å². The van der Waals surface area contributed by atoms with Crippen molar-refractivity contribution >= 4 is 20.0 Å². The van der Waals surface area contributed by atoms with E-state index < -0.39 is 25.3 Å². The van der Waals surface area contributed by atoms with E-state index in [1.54, 1.807) is 0 Å². The monoisotopic (exact) mass is 312 g/mol. The quantitative estimate of drug-likeness (QED) is 0.704. The van der Waals surface area contributed by atoms with E-state index in [2.05, 4.69) is 4.72 Å². The Bertz CT molecular complexity index is 516. The Morgan fingerprint density at radius 2 is 2.05 bits per heavy atom. The van der Waals surface area contributed by atoms with Crippen molar-refractivity contribution in [3.05, 3.63) is 0 Å². The first-order valence-electron chi connectivity index (χ1n) is 6.37. The van der Waals surface area contributed by atoms with Crippen LogP contribution in [0.1, 0.15) is 13.3 Å². The van der Waals surface area contributed by atoms with Gasteiger partial charge in [0.05, 0.1) is 17.6 Å².